The number of hydrogen-bond acceptors (Lipinski definition) is 13. The average molecular weight is 562 g/mol. The Morgan fingerprint density at radius 1 is 1.29 bits per heavy atom. The summed E-state index contributed by atoms with van der Waals surface area (Å²) >= 11 is 0. The number of fused-ring (bicyclic) bond motifs is 1. The summed E-state index contributed by atoms with van der Waals surface area (Å²) < 4.78 is 58.4. The fourth-order valence-corrected chi connectivity index (χ4v) is 6.01. The molecule has 1 aliphatic rings. The molecule has 0 radical (unpaired) electrons. The van der Waals surface area contributed by atoms with Crippen molar-refractivity contribution >= 4 is 40.6 Å². The average Bonchev–Trinajstić information content (AvgIpc) is 3.28. The molecule has 0 saturated carbocycles. The maximum Gasteiger partial charge on any atom is 0.490 e. The van der Waals surface area contributed by atoms with Crippen LogP contribution in [0.3, 0.4) is 0 Å². The first-order chi connectivity index (χ1) is 16.2. The Morgan fingerprint density at radius 3 is 2.66 bits per heavy atom. The van der Waals surface area contributed by atoms with Crippen molar-refractivity contribution in [1.29, 1.82) is 0 Å². The quantitative estimate of drug-likeness (QED) is 0.0907. The highest BCUT2D eigenvalue weighted by molar-refractivity contribution is 7.66. The number of aromatic amines is 1. The van der Waals surface area contributed by atoms with E-state index in [2.05, 4.69) is 38.1 Å². The van der Waals surface area contributed by atoms with Crippen LogP contribution < -0.4 is 11.3 Å². The van der Waals surface area contributed by atoms with Crippen molar-refractivity contribution in [2.24, 2.45) is 5.11 Å². The van der Waals surface area contributed by atoms with Crippen LogP contribution in [0, 0.1) is 0 Å². The molecule has 3 rings (SSSR count). The fourth-order valence-electron chi connectivity index (χ4n) is 2.98. The number of aromatic nitrogens is 4. The van der Waals surface area contributed by atoms with E-state index in [0.29, 0.717) is 0 Å². The highest BCUT2D eigenvalue weighted by atomic mass is 31.3. The fraction of sp³-hybridized carbons (Fsp3) is 0.545. The maximum atomic E-state index is 12.0. The molecule has 3 heterocycles. The minimum Gasteiger partial charge on any atom is -0.369 e. The molecule has 5 atom stereocenters. The number of imidazole rings is 1. The Balaban J connectivity index is 1.76. The molecule has 194 valence electrons. The second-order valence-electron chi connectivity index (χ2n) is 6.59. The molecule has 4 unspecified atom stereocenters. The molecule has 0 bridgehead atoms. The van der Waals surface area contributed by atoms with E-state index in [-0.39, 0.29) is 23.5 Å². The second kappa shape index (κ2) is 10.4. The van der Waals surface area contributed by atoms with Crippen LogP contribution in [0.5, 0.6) is 0 Å². The molecule has 0 amide bonds. The van der Waals surface area contributed by atoms with Gasteiger partial charge in [-0.3, -0.25) is 18.9 Å². The predicted molar refractivity (Wildman–Crippen MR) is 110 cm³/mol. The number of nitrogen functional groups attached to an aromatic ring is 1. The van der Waals surface area contributed by atoms with E-state index in [1.807, 2.05) is 0 Å². The minimum absolute atomic E-state index is 0.00871. The zero-order valence-corrected chi connectivity index (χ0v) is 19.7. The molecule has 1 aliphatic heterocycles. The van der Waals surface area contributed by atoms with E-state index in [4.69, 9.17) is 30.5 Å². The van der Waals surface area contributed by atoms with Crippen LogP contribution in [0.25, 0.3) is 21.6 Å². The number of phosphoric acid groups is 3. The number of nitrogens with zero attached hydrogens (tertiary/aromatic N) is 6. The molecule has 0 spiro atoms. The van der Waals surface area contributed by atoms with E-state index in [9.17, 15) is 28.3 Å². The molecular formula is C11H17N8O13P3. The first-order valence-electron chi connectivity index (χ1n) is 8.98. The normalized spacial score (nSPS) is 24.1. The van der Waals surface area contributed by atoms with Gasteiger partial charge in [-0.05, 0) is 5.53 Å². The third-order valence-corrected chi connectivity index (χ3v) is 7.97. The molecular weight excluding hydrogens is 545 g/mol. The van der Waals surface area contributed by atoms with Crippen molar-refractivity contribution in [3.63, 3.8) is 0 Å². The van der Waals surface area contributed by atoms with Gasteiger partial charge >= 0.3 is 23.5 Å². The summed E-state index contributed by atoms with van der Waals surface area (Å²) in [5.41, 5.74) is 13.3. The van der Waals surface area contributed by atoms with Crippen molar-refractivity contribution in [2.75, 3.05) is 19.1 Å². The molecule has 2 aromatic rings. The molecule has 24 heteroatoms. The minimum atomic E-state index is -5.72. The van der Waals surface area contributed by atoms with Gasteiger partial charge in [0, 0.05) is 11.3 Å². The first-order valence-corrected chi connectivity index (χ1v) is 13.5. The number of rotatable bonds is 11. The zero-order valence-electron chi connectivity index (χ0n) is 17.0. The van der Waals surface area contributed by atoms with E-state index < -0.39 is 60.8 Å². The number of H-pyrrole nitrogens is 1. The van der Waals surface area contributed by atoms with E-state index >= 15 is 0 Å². The smallest absolute Gasteiger partial charge is 0.369 e. The van der Waals surface area contributed by atoms with Crippen LogP contribution in [0.2, 0.25) is 0 Å². The van der Waals surface area contributed by atoms with Gasteiger partial charge in [-0.2, -0.15) is 13.6 Å². The third kappa shape index (κ3) is 7.39. The van der Waals surface area contributed by atoms with Crippen LogP contribution in [0.4, 0.5) is 5.95 Å². The highest BCUT2D eigenvalue weighted by Gasteiger charge is 2.43. The van der Waals surface area contributed by atoms with Gasteiger partial charge in [0.05, 0.1) is 19.0 Å². The van der Waals surface area contributed by atoms with Gasteiger partial charge in [-0.25, -0.2) is 18.7 Å². The van der Waals surface area contributed by atoms with E-state index in [1.54, 1.807) is 0 Å². The van der Waals surface area contributed by atoms with Crippen molar-refractivity contribution in [3.05, 3.63) is 27.1 Å². The summed E-state index contributed by atoms with van der Waals surface area (Å²) in [7, 11) is -16.7. The SMILES string of the molecule is [N-]=[N+]=NCO[C@@H]1CC(n2cnc3c(=O)[nH]c(N)nc32)OC1COP(=O)(O)OP(=O)(O)OP(=O)(O)O. The van der Waals surface area contributed by atoms with Crippen molar-refractivity contribution in [2.45, 2.75) is 24.9 Å². The van der Waals surface area contributed by atoms with Gasteiger partial charge in [0.1, 0.15) is 19.1 Å². The monoisotopic (exact) mass is 562 g/mol. The number of hydrogen-bond donors (Lipinski definition) is 6. The lowest BCUT2D eigenvalue weighted by Crippen LogP contribution is -2.29. The van der Waals surface area contributed by atoms with E-state index in [0.717, 1.165) is 0 Å². The standard InChI is InChI=1S/C11H17N8O13P3/c12-11-16-9-8(10(20)17-11)14-3-19(9)7-1-5(28-4-15-18-13)6(30-7)2-29-34(24,25)32-35(26,27)31-33(21,22)23/h3,5-7H,1-2,4H2,(H,24,25)(H,26,27)(H2,21,22,23)(H3,12,16,17,20)/t5-,6?,7?/m1/s1. The Hall–Kier alpha value is -2.21. The summed E-state index contributed by atoms with van der Waals surface area (Å²) in [5, 5.41) is 3.20. The second-order valence-corrected chi connectivity index (χ2v) is 11.0. The van der Waals surface area contributed by atoms with Crippen molar-refractivity contribution in [3.8, 4) is 0 Å². The Kier molecular flexibility index (Phi) is 8.15. The van der Waals surface area contributed by atoms with Gasteiger partial charge in [0.15, 0.2) is 11.2 Å². The summed E-state index contributed by atoms with van der Waals surface area (Å²) in [6.07, 6.45) is -1.90. The first kappa shape index (κ1) is 27.4. The summed E-state index contributed by atoms with van der Waals surface area (Å²) in [6.45, 7) is -1.30. The Bertz CT molecular complexity index is 1330. The molecule has 0 aromatic carbocycles. The topological polar surface area (TPSA) is 317 Å². The number of nitrogens with two attached hydrogens (primary N) is 1. The molecule has 21 nitrogen and oxygen atoms in total. The lowest BCUT2D eigenvalue weighted by molar-refractivity contribution is -0.0583. The molecule has 1 fully saturated rings. The number of anilines is 1. The number of azide groups is 1. The number of phosphoric ester groups is 1. The van der Waals surface area contributed by atoms with Gasteiger partial charge in [-0.1, -0.05) is 5.11 Å². The van der Waals surface area contributed by atoms with Crippen molar-refractivity contribution in [1.82, 2.24) is 19.5 Å². The van der Waals surface area contributed by atoms with Gasteiger partial charge < -0.3 is 34.8 Å². The maximum absolute atomic E-state index is 12.0. The number of ether oxygens (including phenoxy) is 2. The van der Waals surface area contributed by atoms with Crippen LogP contribution >= 0.6 is 23.5 Å². The van der Waals surface area contributed by atoms with Crippen LogP contribution in [0.1, 0.15) is 12.6 Å². The lowest BCUT2D eigenvalue weighted by Gasteiger charge is -2.20. The number of nitrogens with one attached hydrogen (secondary N) is 1. The molecule has 35 heavy (non-hydrogen) atoms. The Morgan fingerprint density at radius 2 is 2.00 bits per heavy atom. The third-order valence-electron chi connectivity index (χ3n) is 4.17. The van der Waals surface area contributed by atoms with Gasteiger partial charge in [0.25, 0.3) is 5.56 Å². The lowest BCUT2D eigenvalue weighted by atomic mass is 10.2. The molecule has 0 aliphatic carbocycles. The van der Waals surface area contributed by atoms with Crippen LogP contribution in [0.15, 0.2) is 16.2 Å². The van der Waals surface area contributed by atoms with Gasteiger partial charge in [0.2, 0.25) is 5.95 Å². The Labute approximate surface area is 192 Å². The largest absolute Gasteiger partial charge is 0.490 e. The molecule has 1 saturated heterocycles. The highest BCUT2D eigenvalue weighted by Crippen LogP contribution is 2.66. The molecule has 7 N–H and O–H groups in total. The predicted octanol–water partition coefficient (Wildman–Crippen LogP) is -0.0144. The van der Waals surface area contributed by atoms with Gasteiger partial charge in [-0.15, -0.1) is 0 Å². The zero-order chi connectivity index (χ0) is 26.0. The summed E-state index contributed by atoms with van der Waals surface area (Å²) in [4.78, 5) is 60.7. The van der Waals surface area contributed by atoms with Crippen LogP contribution in [-0.4, -0.2) is 64.6 Å². The summed E-state index contributed by atoms with van der Waals surface area (Å²) in [5.74, 6) is -0.206. The molecule has 2 aromatic heterocycles. The van der Waals surface area contributed by atoms with E-state index in [1.165, 1.54) is 10.9 Å². The van der Waals surface area contributed by atoms with Crippen molar-refractivity contribution < 1.29 is 55.9 Å². The summed E-state index contributed by atoms with van der Waals surface area (Å²) in [6, 6.07) is 0. The van der Waals surface area contributed by atoms with Crippen LogP contribution in [-0.2, 0) is 36.3 Å².